The summed E-state index contributed by atoms with van der Waals surface area (Å²) >= 11 is 0. The van der Waals surface area contributed by atoms with Gasteiger partial charge in [-0.15, -0.1) is 0 Å². The van der Waals surface area contributed by atoms with Gasteiger partial charge in [0.2, 0.25) is 5.91 Å². The predicted molar refractivity (Wildman–Crippen MR) is 97.4 cm³/mol. The highest BCUT2D eigenvalue weighted by Crippen LogP contribution is 2.36. The van der Waals surface area contributed by atoms with E-state index in [1.807, 2.05) is 44.2 Å². The van der Waals surface area contributed by atoms with Crippen LogP contribution in [0.4, 0.5) is 5.82 Å². The minimum Gasteiger partial charge on any atom is -0.369 e. The maximum Gasteiger partial charge on any atom is 0.223 e. The van der Waals surface area contributed by atoms with E-state index in [9.17, 15) is 4.79 Å². The molecule has 1 aliphatic rings. The fourth-order valence-electron chi connectivity index (χ4n) is 3.68. The molecule has 0 aliphatic carbocycles. The maximum absolute atomic E-state index is 12.3. The summed E-state index contributed by atoms with van der Waals surface area (Å²) in [6.07, 6.45) is 5.85. The Balaban J connectivity index is 1.60. The Labute approximate surface area is 151 Å². The number of aryl methyl sites for hydroxylation is 2. The summed E-state index contributed by atoms with van der Waals surface area (Å²) in [5.41, 5.74) is 1.85. The lowest BCUT2D eigenvalue weighted by Crippen LogP contribution is -2.26. The van der Waals surface area contributed by atoms with Gasteiger partial charge in [-0.3, -0.25) is 14.5 Å². The van der Waals surface area contributed by atoms with Crippen LogP contribution in [0.5, 0.6) is 0 Å². The molecular weight excluding hydrogens is 330 g/mol. The van der Waals surface area contributed by atoms with Crippen LogP contribution in [0.2, 0.25) is 0 Å². The zero-order valence-electron chi connectivity index (χ0n) is 15.0. The normalized spacial score (nSPS) is 20.1. The molecule has 0 bridgehead atoms. The minimum absolute atomic E-state index is 0.0102. The average Bonchev–Trinajstić information content (AvgIpc) is 3.14. The first kappa shape index (κ1) is 16.4. The van der Waals surface area contributed by atoms with Gasteiger partial charge in [0.15, 0.2) is 5.65 Å². The van der Waals surface area contributed by atoms with Crippen LogP contribution >= 0.6 is 0 Å². The number of aromatic nitrogens is 5. The van der Waals surface area contributed by atoms with Crippen molar-refractivity contribution in [2.24, 2.45) is 13.0 Å². The molecule has 3 aromatic heterocycles. The highest BCUT2D eigenvalue weighted by molar-refractivity contribution is 5.86. The van der Waals surface area contributed by atoms with Gasteiger partial charge in [0.05, 0.1) is 17.6 Å². The number of nitrogens with one attached hydrogen (secondary N) is 1. The number of carbonyl (C=O) groups is 1. The summed E-state index contributed by atoms with van der Waals surface area (Å²) in [7, 11) is 3.72. The van der Waals surface area contributed by atoms with E-state index in [4.69, 9.17) is 0 Å². The van der Waals surface area contributed by atoms with E-state index in [2.05, 4.69) is 25.4 Å². The number of fused-ring (bicyclic) bond motifs is 1. The summed E-state index contributed by atoms with van der Waals surface area (Å²) in [5.74, 6) is 1.73. The molecule has 2 atom stereocenters. The summed E-state index contributed by atoms with van der Waals surface area (Å²) in [6, 6.07) is 3.94. The Morgan fingerprint density at radius 3 is 2.88 bits per heavy atom. The molecule has 0 radical (unpaired) electrons. The second-order valence-corrected chi connectivity index (χ2v) is 6.71. The monoisotopic (exact) mass is 351 g/mol. The van der Waals surface area contributed by atoms with Gasteiger partial charge in [-0.1, -0.05) is 6.07 Å². The van der Waals surface area contributed by atoms with Crippen molar-refractivity contribution in [3.63, 3.8) is 0 Å². The lowest BCUT2D eigenvalue weighted by Gasteiger charge is -2.25. The largest absolute Gasteiger partial charge is 0.369 e. The third-order valence-electron chi connectivity index (χ3n) is 4.96. The number of hydrogen-bond acceptors (Lipinski definition) is 6. The van der Waals surface area contributed by atoms with E-state index >= 15 is 0 Å². The van der Waals surface area contributed by atoms with Crippen molar-refractivity contribution in [2.75, 3.05) is 18.9 Å². The Hall–Kier alpha value is -3.03. The summed E-state index contributed by atoms with van der Waals surface area (Å²) < 4.78 is 1.74. The van der Waals surface area contributed by atoms with Crippen LogP contribution in [0, 0.1) is 12.8 Å². The molecule has 1 amide bonds. The van der Waals surface area contributed by atoms with Gasteiger partial charge in [-0.25, -0.2) is 9.97 Å². The van der Waals surface area contributed by atoms with Crippen molar-refractivity contribution >= 4 is 22.8 Å². The topological polar surface area (TPSA) is 88.8 Å². The highest BCUT2D eigenvalue weighted by Gasteiger charge is 2.38. The van der Waals surface area contributed by atoms with E-state index < -0.39 is 0 Å². The van der Waals surface area contributed by atoms with Gasteiger partial charge in [0, 0.05) is 45.4 Å². The van der Waals surface area contributed by atoms with Crippen LogP contribution in [0.15, 0.2) is 30.7 Å². The van der Waals surface area contributed by atoms with Crippen molar-refractivity contribution in [3.8, 4) is 0 Å². The number of anilines is 1. The minimum atomic E-state index is 0.0102. The van der Waals surface area contributed by atoms with Gasteiger partial charge in [0.1, 0.15) is 11.6 Å². The molecule has 0 saturated carbocycles. The summed E-state index contributed by atoms with van der Waals surface area (Å²) in [6.45, 7) is 2.50. The Bertz CT molecular complexity index is 953. The van der Waals surface area contributed by atoms with Gasteiger partial charge in [-0.2, -0.15) is 5.10 Å². The van der Waals surface area contributed by atoms with Crippen molar-refractivity contribution in [1.29, 1.82) is 0 Å². The molecule has 26 heavy (non-hydrogen) atoms. The van der Waals surface area contributed by atoms with Crippen LogP contribution in [0.3, 0.4) is 0 Å². The maximum atomic E-state index is 12.3. The first-order valence-electron chi connectivity index (χ1n) is 8.60. The fraction of sp³-hybridized carbons (Fsp3) is 0.389. The first-order chi connectivity index (χ1) is 12.5. The van der Waals surface area contributed by atoms with Crippen LogP contribution in [0.25, 0.3) is 11.0 Å². The molecule has 1 fully saturated rings. The SMILES string of the molecule is Cc1nc(NC[C@@H]2CC(=O)N(C)[C@H]2c2cccnc2)c2cnn(C)c2n1. The van der Waals surface area contributed by atoms with E-state index in [1.165, 1.54) is 0 Å². The van der Waals surface area contributed by atoms with Gasteiger partial charge < -0.3 is 10.2 Å². The van der Waals surface area contributed by atoms with Gasteiger partial charge >= 0.3 is 0 Å². The molecule has 1 aliphatic heterocycles. The van der Waals surface area contributed by atoms with E-state index in [0.717, 1.165) is 22.4 Å². The number of rotatable bonds is 4. The summed E-state index contributed by atoms with van der Waals surface area (Å²) in [5, 5.41) is 8.57. The van der Waals surface area contributed by atoms with Crippen molar-refractivity contribution < 1.29 is 4.79 Å². The number of nitrogens with zero attached hydrogens (tertiary/aromatic N) is 6. The molecule has 3 aromatic rings. The van der Waals surface area contributed by atoms with E-state index in [1.54, 1.807) is 17.1 Å². The molecule has 4 heterocycles. The number of carbonyl (C=O) groups excluding carboxylic acids is 1. The van der Waals surface area contributed by atoms with E-state index in [0.29, 0.717) is 18.8 Å². The fourth-order valence-corrected chi connectivity index (χ4v) is 3.68. The molecule has 4 rings (SSSR count). The molecule has 8 heteroatoms. The molecule has 0 spiro atoms. The zero-order chi connectivity index (χ0) is 18.3. The van der Waals surface area contributed by atoms with Crippen LogP contribution < -0.4 is 5.32 Å². The quantitative estimate of drug-likeness (QED) is 0.770. The predicted octanol–water partition coefficient (Wildman–Crippen LogP) is 1.70. The number of hydrogen-bond donors (Lipinski definition) is 1. The smallest absolute Gasteiger partial charge is 0.223 e. The molecule has 134 valence electrons. The molecule has 0 unspecified atom stereocenters. The standard InChI is InChI=1S/C18H21N7O/c1-11-22-17(14-10-21-25(3)18(14)23-11)20-9-13-7-15(26)24(2)16(13)12-5-4-6-19-8-12/h4-6,8,10,13,16H,7,9H2,1-3H3,(H,20,22,23)/t13-,16-/m0/s1. The molecule has 1 N–H and O–H groups in total. The molecular formula is C18H21N7O. The van der Waals surface area contributed by atoms with Crippen molar-refractivity contribution in [1.82, 2.24) is 29.6 Å². The second-order valence-electron chi connectivity index (χ2n) is 6.71. The Morgan fingerprint density at radius 1 is 1.27 bits per heavy atom. The lowest BCUT2D eigenvalue weighted by atomic mass is 9.94. The Morgan fingerprint density at radius 2 is 2.12 bits per heavy atom. The van der Waals surface area contributed by atoms with Gasteiger partial charge in [-0.05, 0) is 18.6 Å². The van der Waals surface area contributed by atoms with E-state index in [-0.39, 0.29) is 17.9 Å². The van der Waals surface area contributed by atoms with Crippen molar-refractivity contribution in [3.05, 3.63) is 42.1 Å². The third kappa shape index (κ3) is 2.77. The number of likely N-dealkylation sites (tertiary alicyclic amines) is 1. The average molecular weight is 351 g/mol. The zero-order valence-corrected chi connectivity index (χ0v) is 15.0. The first-order valence-corrected chi connectivity index (χ1v) is 8.60. The number of amides is 1. The van der Waals surface area contributed by atoms with Gasteiger partial charge in [0.25, 0.3) is 0 Å². The lowest BCUT2D eigenvalue weighted by molar-refractivity contribution is -0.127. The van der Waals surface area contributed by atoms with Crippen LogP contribution in [-0.2, 0) is 11.8 Å². The van der Waals surface area contributed by atoms with Crippen molar-refractivity contribution in [2.45, 2.75) is 19.4 Å². The second kappa shape index (κ2) is 6.36. The Kier molecular flexibility index (Phi) is 4.02. The molecule has 0 aromatic carbocycles. The van der Waals surface area contributed by atoms with Crippen LogP contribution in [0.1, 0.15) is 23.9 Å². The highest BCUT2D eigenvalue weighted by atomic mass is 16.2. The summed E-state index contributed by atoms with van der Waals surface area (Å²) in [4.78, 5) is 27.3. The third-order valence-corrected chi connectivity index (χ3v) is 4.96. The molecule has 1 saturated heterocycles. The molecule has 8 nitrogen and oxygen atoms in total. The number of pyridine rings is 1. The van der Waals surface area contributed by atoms with Crippen LogP contribution in [-0.4, -0.2) is 49.1 Å².